The number of ether oxygens (including phenoxy) is 5. The van der Waals surface area contributed by atoms with E-state index in [0.29, 0.717) is 63.4 Å². The number of carbonyl (C=O) groups excluding carboxylic acids is 5. The van der Waals surface area contributed by atoms with Crippen molar-refractivity contribution in [3.8, 4) is 0 Å². The number of hydrogen-bond acceptors (Lipinski definition) is 15. The number of esters is 1. The Labute approximate surface area is 432 Å². The Morgan fingerprint density at radius 3 is 2.23 bits per heavy atom. The molecule has 2 saturated heterocycles. The summed E-state index contributed by atoms with van der Waals surface area (Å²) in [5.74, 6) is -8.42. The lowest BCUT2D eigenvalue weighted by Crippen LogP contribution is -2.61. The molecule has 4 bridgehead atoms. The third-order valence-electron chi connectivity index (χ3n) is 16.5. The lowest BCUT2D eigenvalue weighted by Gasteiger charge is -2.43. The summed E-state index contributed by atoms with van der Waals surface area (Å²) in [5.41, 5.74) is 2.00. The lowest BCUT2D eigenvalue weighted by atomic mass is 9.78. The van der Waals surface area contributed by atoms with Crippen LogP contribution in [0.1, 0.15) is 126 Å². The van der Waals surface area contributed by atoms with Crippen molar-refractivity contribution in [1.82, 2.24) is 4.90 Å². The first-order valence-corrected chi connectivity index (χ1v) is 26.7. The highest BCUT2D eigenvalue weighted by molar-refractivity contribution is 6.39. The summed E-state index contributed by atoms with van der Waals surface area (Å²) in [4.78, 5) is 79.7. The van der Waals surface area contributed by atoms with Crippen molar-refractivity contribution in [3.05, 3.63) is 65.8 Å². The van der Waals surface area contributed by atoms with E-state index in [-0.39, 0.29) is 67.3 Å². The molecule has 7 rings (SSSR count). The van der Waals surface area contributed by atoms with Crippen LogP contribution in [0.2, 0.25) is 0 Å². The van der Waals surface area contributed by atoms with E-state index in [1.807, 2.05) is 68.3 Å². The lowest BCUT2D eigenvalue weighted by molar-refractivity contribution is -0.265. The highest BCUT2D eigenvalue weighted by Gasteiger charge is 2.53. The molecule has 16 nitrogen and oxygen atoms in total. The average Bonchev–Trinajstić information content (AvgIpc) is 3.38. The van der Waals surface area contributed by atoms with Crippen molar-refractivity contribution < 1.29 is 67.8 Å². The topological polar surface area (TPSA) is 208 Å². The number of amides is 1. The summed E-state index contributed by atoms with van der Waals surface area (Å²) >= 11 is 0. The van der Waals surface area contributed by atoms with Crippen molar-refractivity contribution in [3.63, 3.8) is 0 Å². The van der Waals surface area contributed by atoms with Crippen molar-refractivity contribution >= 4 is 34.9 Å². The van der Waals surface area contributed by atoms with Gasteiger partial charge in [0.15, 0.2) is 5.78 Å². The Kier molecular flexibility index (Phi) is 20.8. The van der Waals surface area contributed by atoms with E-state index >= 15 is 0 Å². The van der Waals surface area contributed by atoms with Gasteiger partial charge in [-0.25, -0.2) is 9.86 Å². The number of carbonyl (C=O) groups is 5. The monoisotopic (exact) mass is 1020 g/mol. The number of anilines is 1. The molecule has 1 amide bonds. The fourth-order valence-electron chi connectivity index (χ4n) is 11.8. The number of ketones is 3. The molecule has 1 saturated carbocycles. The first kappa shape index (κ1) is 58.1. The zero-order valence-electron chi connectivity index (χ0n) is 44.9. The van der Waals surface area contributed by atoms with Gasteiger partial charge in [-0.3, -0.25) is 24.0 Å². The number of benzene rings is 1. The second-order valence-electron chi connectivity index (χ2n) is 21.9. The highest BCUT2D eigenvalue weighted by atomic mass is 16.7. The standard InChI is InChI=1S/C57H84N2O14/c1-33-26-37(5)51(62)53(70-10)52(63)38(6)27-34(2)47(61)32-49(35(3)28-40-20-24-46(60)50(30-40)69-9)71-56(66)45-18-14-15-25-58(45)55(65)54(64)57(67)39(7)19-21-42(72-57)31-48(68-8)36(4)29-43-22-23-44(33)59(73-43)41-16-12-11-13-17-41/h11-13,16-17,22-23,27,29,33-35,37,39-40,42-46,48-50,52-53,60,63,67H,14-15,18-21,24-26,28,30-32H2,1-10H3/b36-29?,38-27+/t33-,34+,35+,37+,39+,40-,42-,43+,44?,45-,46+,48-,49-,50+,52+,53-,57+/m0/s1. The number of fused-ring (bicyclic) bond motifs is 16. The van der Waals surface area contributed by atoms with Crippen molar-refractivity contribution in [2.75, 3.05) is 32.9 Å². The molecule has 17 atom stereocenters. The van der Waals surface area contributed by atoms with Crippen LogP contribution in [0.4, 0.5) is 5.69 Å². The smallest absolute Gasteiger partial charge is 0.329 e. The van der Waals surface area contributed by atoms with Crippen LogP contribution < -0.4 is 5.06 Å². The normalized spacial score (nSPS) is 38.5. The molecule has 6 aliphatic rings. The van der Waals surface area contributed by atoms with Crippen LogP contribution in [0.5, 0.6) is 0 Å². The van der Waals surface area contributed by atoms with E-state index in [0.717, 1.165) is 11.3 Å². The van der Waals surface area contributed by atoms with Gasteiger partial charge in [-0.05, 0) is 125 Å². The minimum atomic E-state index is -2.47. The Morgan fingerprint density at radius 2 is 1.55 bits per heavy atom. The van der Waals surface area contributed by atoms with Crippen molar-refractivity contribution in [2.24, 2.45) is 35.5 Å². The second kappa shape index (κ2) is 26.1. The van der Waals surface area contributed by atoms with Gasteiger partial charge in [0.2, 0.25) is 5.79 Å². The number of aliphatic hydroxyl groups excluding tert-OH is 2. The number of Topliss-reactive ketones (excluding diaryl/α,β-unsaturated/α-hetero) is 3. The maximum Gasteiger partial charge on any atom is 0.329 e. The molecule has 1 aromatic carbocycles. The van der Waals surface area contributed by atoms with Gasteiger partial charge in [-0.1, -0.05) is 71.0 Å². The van der Waals surface area contributed by atoms with Gasteiger partial charge in [0.1, 0.15) is 36.2 Å². The van der Waals surface area contributed by atoms with E-state index in [1.54, 1.807) is 41.1 Å². The molecule has 73 heavy (non-hydrogen) atoms. The van der Waals surface area contributed by atoms with Gasteiger partial charge in [-0.2, -0.15) is 0 Å². The number of methoxy groups -OCH3 is 3. The van der Waals surface area contributed by atoms with E-state index < -0.39 is 90.0 Å². The number of para-hydroxylation sites is 1. The molecule has 0 spiro atoms. The number of hydroxylamine groups is 1. The molecule has 5 heterocycles. The van der Waals surface area contributed by atoms with Crippen LogP contribution in [0.15, 0.2) is 65.8 Å². The SMILES string of the molecule is CO[C@H]1C[C@@H]2CC[C@@H](C)[C@@](O)(O2)C(=O)C(=O)N2CCCC[C@H]2C(=O)O[C@H]([C@H](C)C[C@@H]2CC[C@@H](O)[C@H](OC)C2)CC(=O)[C@H](C)/C=C(\C)[C@@H](O)[C@@H](OC)C(=O)[C@H](C)C[C@H](C)C2C=C[C@H](C=C1C)ON2c1ccccc1. The third-order valence-corrected chi connectivity index (χ3v) is 16.5. The van der Waals surface area contributed by atoms with Gasteiger partial charge in [0.25, 0.3) is 11.7 Å². The summed E-state index contributed by atoms with van der Waals surface area (Å²) in [6.45, 7) is 12.8. The van der Waals surface area contributed by atoms with E-state index in [1.165, 1.54) is 12.0 Å². The third kappa shape index (κ3) is 14.0. The summed E-state index contributed by atoms with van der Waals surface area (Å²) in [6, 6.07) is 8.24. The summed E-state index contributed by atoms with van der Waals surface area (Å²) in [5, 5.41) is 36.2. The molecule has 406 valence electrons. The zero-order chi connectivity index (χ0) is 53.3. The van der Waals surface area contributed by atoms with Gasteiger partial charge >= 0.3 is 5.97 Å². The van der Waals surface area contributed by atoms with E-state index in [4.69, 9.17) is 28.5 Å². The first-order valence-electron chi connectivity index (χ1n) is 26.7. The van der Waals surface area contributed by atoms with Gasteiger partial charge in [0, 0.05) is 58.5 Å². The average molecular weight is 1020 g/mol. The van der Waals surface area contributed by atoms with Crippen LogP contribution in [0.25, 0.3) is 0 Å². The number of rotatable bonds is 7. The van der Waals surface area contributed by atoms with Gasteiger partial charge in [-0.15, -0.1) is 0 Å². The molecular weight excluding hydrogens is 937 g/mol. The fourth-order valence-corrected chi connectivity index (χ4v) is 11.8. The number of piperidine rings is 1. The van der Waals surface area contributed by atoms with Crippen molar-refractivity contribution in [2.45, 2.75) is 192 Å². The van der Waals surface area contributed by atoms with Crippen molar-refractivity contribution in [1.29, 1.82) is 0 Å². The Hall–Kier alpha value is -4.13. The molecule has 0 aromatic heterocycles. The molecule has 0 radical (unpaired) electrons. The van der Waals surface area contributed by atoms with Crippen LogP contribution in [-0.4, -0.2) is 144 Å². The summed E-state index contributed by atoms with van der Waals surface area (Å²) in [6.07, 6.45) is 6.48. The number of hydrogen-bond donors (Lipinski definition) is 3. The second-order valence-corrected chi connectivity index (χ2v) is 21.9. The fraction of sp³-hybridized carbons (Fsp3) is 0.702. The minimum Gasteiger partial charge on any atom is -0.460 e. The number of aliphatic hydroxyl groups is 3. The number of nitrogens with zero attached hydrogens (tertiary/aromatic N) is 2. The van der Waals surface area contributed by atoms with Crippen LogP contribution in [0, 0.1) is 35.5 Å². The van der Waals surface area contributed by atoms with Crippen LogP contribution in [-0.2, 0) is 52.5 Å². The highest BCUT2D eigenvalue weighted by Crippen LogP contribution is 2.39. The van der Waals surface area contributed by atoms with Crippen LogP contribution in [0.3, 0.4) is 0 Å². The van der Waals surface area contributed by atoms with Crippen LogP contribution >= 0.6 is 0 Å². The largest absolute Gasteiger partial charge is 0.460 e. The van der Waals surface area contributed by atoms with Gasteiger partial charge < -0.3 is 43.9 Å². The molecule has 3 N–H and O–H groups in total. The Bertz CT molecular complexity index is 2150. The van der Waals surface area contributed by atoms with Gasteiger partial charge in [0.05, 0.1) is 36.1 Å². The maximum absolute atomic E-state index is 14.5. The quantitative estimate of drug-likeness (QED) is 0.146. The molecule has 3 fully saturated rings. The molecule has 1 aliphatic carbocycles. The van der Waals surface area contributed by atoms with E-state index in [9.17, 15) is 39.3 Å². The van der Waals surface area contributed by atoms with E-state index in [2.05, 4.69) is 13.0 Å². The molecule has 1 aromatic rings. The predicted octanol–water partition coefficient (Wildman–Crippen LogP) is 6.81. The number of allylic oxidation sites excluding steroid dienone is 1. The summed E-state index contributed by atoms with van der Waals surface area (Å²) < 4.78 is 29.9. The Balaban J connectivity index is 1.35. The molecule has 16 heteroatoms. The minimum absolute atomic E-state index is 0.0716. The predicted molar refractivity (Wildman–Crippen MR) is 274 cm³/mol. The zero-order valence-corrected chi connectivity index (χ0v) is 44.9. The maximum atomic E-state index is 14.5. The summed E-state index contributed by atoms with van der Waals surface area (Å²) in [7, 11) is 4.53. The first-order chi connectivity index (χ1) is 34.7. The Morgan fingerprint density at radius 1 is 0.822 bits per heavy atom. The molecular formula is C57H84N2O14. The molecule has 5 aliphatic heterocycles. The molecule has 1 unspecified atom stereocenters.